The zero-order valence-corrected chi connectivity index (χ0v) is 11.8. The van der Waals surface area contributed by atoms with Gasteiger partial charge in [0.05, 0.1) is 11.4 Å². The molecule has 2 heterocycles. The predicted octanol–water partition coefficient (Wildman–Crippen LogP) is 2.05. The number of nitrogen functional groups attached to an aromatic ring is 2. The van der Waals surface area contributed by atoms with Gasteiger partial charge in [0.2, 0.25) is 0 Å². The van der Waals surface area contributed by atoms with E-state index in [0.29, 0.717) is 11.6 Å². The molecule has 4 N–H and O–H groups in total. The van der Waals surface area contributed by atoms with Crippen LogP contribution in [0.1, 0.15) is 24.7 Å². The van der Waals surface area contributed by atoms with Gasteiger partial charge in [-0.1, -0.05) is 19.1 Å². The van der Waals surface area contributed by atoms with E-state index < -0.39 is 0 Å². The van der Waals surface area contributed by atoms with Crippen LogP contribution in [0.25, 0.3) is 0 Å². The van der Waals surface area contributed by atoms with E-state index in [0.717, 1.165) is 37.4 Å². The molecule has 5 heteroatoms. The minimum atomic E-state index is 0.557. The van der Waals surface area contributed by atoms with Crippen LogP contribution < -0.4 is 11.5 Å². The Bertz CT molecular complexity index is 508. The van der Waals surface area contributed by atoms with Crippen molar-refractivity contribution in [1.29, 1.82) is 0 Å². The summed E-state index contributed by atoms with van der Waals surface area (Å²) < 4.78 is 0. The predicted molar refractivity (Wildman–Crippen MR) is 81.7 cm³/mol. The smallest absolute Gasteiger partial charge is 0.123 e. The molecule has 0 saturated carbocycles. The highest BCUT2D eigenvalue weighted by atomic mass is 15.1. The normalized spacial score (nSPS) is 10.9. The quantitative estimate of drug-likeness (QED) is 0.840. The van der Waals surface area contributed by atoms with Gasteiger partial charge in [-0.15, -0.1) is 0 Å². The van der Waals surface area contributed by atoms with Crippen molar-refractivity contribution in [1.82, 2.24) is 14.9 Å². The monoisotopic (exact) mass is 271 g/mol. The molecule has 2 aromatic rings. The third-order valence-electron chi connectivity index (χ3n) is 2.97. The highest BCUT2D eigenvalue weighted by Crippen LogP contribution is 2.10. The third-order valence-corrected chi connectivity index (χ3v) is 2.97. The lowest BCUT2D eigenvalue weighted by atomic mass is 10.2. The van der Waals surface area contributed by atoms with Crippen LogP contribution in [-0.2, 0) is 13.1 Å². The SMILES string of the molecule is CCCN(Cc1cccc(N)n1)Cc1cccc(N)n1. The molecule has 0 spiro atoms. The first kappa shape index (κ1) is 14.3. The van der Waals surface area contributed by atoms with Crippen LogP contribution in [0, 0.1) is 0 Å². The van der Waals surface area contributed by atoms with E-state index in [1.807, 2.05) is 24.3 Å². The van der Waals surface area contributed by atoms with Gasteiger partial charge >= 0.3 is 0 Å². The molecule has 0 aliphatic carbocycles. The fraction of sp³-hybridized carbons (Fsp3) is 0.333. The molecular weight excluding hydrogens is 250 g/mol. The Morgan fingerprint density at radius 3 is 1.80 bits per heavy atom. The van der Waals surface area contributed by atoms with Crippen LogP contribution in [0.4, 0.5) is 11.6 Å². The summed E-state index contributed by atoms with van der Waals surface area (Å²) in [5, 5.41) is 0. The maximum absolute atomic E-state index is 5.72. The van der Waals surface area contributed by atoms with E-state index in [1.165, 1.54) is 0 Å². The maximum atomic E-state index is 5.72. The average Bonchev–Trinajstić information content (AvgIpc) is 2.39. The Morgan fingerprint density at radius 1 is 0.900 bits per heavy atom. The standard InChI is InChI=1S/C15H21N5/c1-2-9-20(10-12-5-3-7-14(16)18-12)11-13-6-4-8-15(17)19-13/h3-8H,2,9-11H2,1H3,(H2,16,18)(H2,17,19). The molecule has 0 radical (unpaired) electrons. The van der Waals surface area contributed by atoms with Crippen molar-refractivity contribution in [3.05, 3.63) is 47.8 Å². The van der Waals surface area contributed by atoms with Crippen molar-refractivity contribution in [3.8, 4) is 0 Å². The van der Waals surface area contributed by atoms with Crippen molar-refractivity contribution in [2.24, 2.45) is 0 Å². The number of aromatic nitrogens is 2. The van der Waals surface area contributed by atoms with E-state index in [1.54, 1.807) is 12.1 Å². The van der Waals surface area contributed by atoms with E-state index in [-0.39, 0.29) is 0 Å². The number of hydrogen-bond donors (Lipinski definition) is 2. The van der Waals surface area contributed by atoms with Crippen molar-refractivity contribution in [3.63, 3.8) is 0 Å². The summed E-state index contributed by atoms with van der Waals surface area (Å²) in [5.41, 5.74) is 13.4. The molecule has 0 bridgehead atoms. The molecule has 0 aromatic carbocycles. The molecule has 0 atom stereocenters. The summed E-state index contributed by atoms with van der Waals surface area (Å²) in [6.45, 7) is 4.66. The summed E-state index contributed by atoms with van der Waals surface area (Å²) in [7, 11) is 0. The molecule has 20 heavy (non-hydrogen) atoms. The van der Waals surface area contributed by atoms with Crippen LogP contribution in [0.5, 0.6) is 0 Å². The van der Waals surface area contributed by atoms with Gasteiger partial charge in [-0.25, -0.2) is 9.97 Å². The van der Waals surface area contributed by atoms with E-state index in [4.69, 9.17) is 11.5 Å². The second-order valence-electron chi connectivity index (χ2n) is 4.82. The number of hydrogen-bond acceptors (Lipinski definition) is 5. The number of rotatable bonds is 6. The second kappa shape index (κ2) is 6.86. The van der Waals surface area contributed by atoms with Crippen LogP contribution >= 0.6 is 0 Å². The first-order chi connectivity index (χ1) is 9.67. The summed E-state index contributed by atoms with van der Waals surface area (Å²) in [6.07, 6.45) is 1.07. The molecular formula is C15H21N5. The van der Waals surface area contributed by atoms with Crippen molar-refractivity contribution in [2.45, 2.75) is 26.4 Å². The van der Waals surface area contributed by atoms with Crippen LogP contribution in [0.2, 0.25) is 0 Å². The zero-order valence-electron chi connectivity index (χ0n) is 11.8. The van der Waals surface area contributed by atoms with Crippen molar-refractivity contribution < 1.29 is 0 Å². The molecule has 0 fully saturated rings. The van der Waals surface area contributed by atoms with Gasteiger partial charge in [-0.2, -0.15) is 0 Å². The maximum Gasteiger partial charge on any atom is 0.123 e. The third kappa shape index (κ3) is 4.20. The van der Waals surface area contributed by atoms with Gasteiger partial charge in [-0.3, -0.25) is 4.90 Å². The minimum absolute atomic E-state index is 0.557. The van der Waals surface area contributed by atoms with Gasteiger partial charge < -0.3 is 11.5 Å². The molecule has 0 amide bonds. The van der Waals surface area contributed by atoms with Gasteiger partial charge in [0.1, 0.15) is 11.6 Å². The van der Waals surface area contributed by atoms with Crippen molar-refractivity contribution in [2.75, 3.05) is 18.0 Å². The topological polar surface area (TPSA) is 81.1 Å². The molecule has 2 rings (SSSR count). The molecule has 0 aliphatic rings. The number of anilines is 2. The number of nitrogens with zero attached hydrogens (tertiary/aromatic N) is 3. The summed E-state index contributed by atoms with van der Waals surface area (Å²) in [6, 6.07) is 11.4. The van der Waals surface area contributed by atoms with Crippen LogP contribution in [0.15, 0.2) is 36.4 Å². The lowest BCUT2D eigenvalue weighted by molar-refractivity contribution is 0.251. The zero-order chi connectivity index (χ0) is 14.4. The first-order valence-corrected chi connectivity index (χ1v) is 6.82. The largest absolute Gasteiger partial charge is 0.384 e. The number of nitrogens with two attached hydrogens (primary N) is 2. The van der Waals surface area contributed by atoms with Gasteiger partial charge in [-0.05, 0) is 37.2 Å². The Hall–Kier alpha value is -2.14. The fourth-order valence-corrected chi connectivity index (χ4v) is 2.16. The lowest BCUT2D eigenvalue weighted by Crippen LogP contribution is -2.24. The molecule has 106 valence electrons. The van der Waals surface area contributed by atoms with Gasteiger partial charge in [0.15, 0.2) is 0 Å². The van der Waals surface area contributed by atoms with E-state index >= 15 is 0 Å². The summed E-state index contributed by atoms with van der Waals surface area (Å²) >= 11 is 0. The highest BCUT2D eigenvalue weighted by molar-refractivity contribution is 5.29. The number of pyridine rings is 2. The molecule has 2 aromatic heterocycles. The molecule has 0 aliphatic heterocycles. The molecule has 0 saturated heterocycles. The molecule has 0 unspecified atom stereocenters. The lowest BCUT2D eigenvalue weighted by Gasteiger charge is -2.21. The Balaban J connectivity index is 2.07. The van der Waals surface area contributed by atoms with E-state index in [9.17, 15) is 0 Å². The van der Waals surface area contributed by atoms with Crippen molar-refractivity contribution >= 4 is 11.6 Å². The molecule has 5 nitrogen and oxygen atoms in total. The first-order valence-electron chi connectivity index (χ1n) is 6.82. The van der Waals surface area contributed by atoms with Crippen LogP contribution in [-0.4, -0.2) is 21.4 Å². The van der Waals surface area contributed by atoms with E-state index in [2.05, 4.69) is 21.8 Å². The Labute approximate surface area is 119 Å². The summed E-state index contributed by atoms with van der Waals surface area (Å²) in [4.78, 5) is 11.0. The van der Waals surface area contributed by atoms with Gasteiger partial charge in [0, 0.05) is 13.1 Å². The minimum Gasteiger partial charge on any atom is -0.384 e. The second-order valence-corrected chi connectivity index (χ2v) is 4.82. The van der Waals surface area contributed by atoms with Crippen LogP contribution in [0.3, 0.4) is 0 Å². The fourth-order valence-electron chi connectivity index (χ4n) is 2.16. The highest BCUT2D eigenvalue weighted by Gasteiger charge is 2.08. The Kier molecular flexibility index (Phi) is 4.90. The average molecular weight is 271 g/mol. The van der Waals surface area contributed by atoms with Gasteiger partial charge in [0.25, 0.3) is 0 Å². The summed E-state index contributed by atoms with van der Waals surface area (Å²) in [5.74, 6) is 1.11. The Morgan fingerprint density at radius 2 is 1.40 bits per heavy atom.